The normalized spacial score (nSPS) is 11.5. The van der Waals surface area contributed by atoms with Crippen LogP contribution in [0.2, 0.25) is 5.02 Å². The lowest BCUT2D eigenvalue weighted by Crippen LogP contribution is -2.02. The van der Waals surface area contributed by atoms with Gasteiger partial charge in [0, 0.05) is 28.7 Å². The van der Waals surface area contributed by atoms with Crippen molar-refractivity contribution in [2.75, 3.05) is 13.7 Å². The van der Waals surface area contributed by atoms with Gasteiger partial charge >= 0.3 is 0 Å². The molecule has 0 aliphatic rings. The number of fused-ring (bicyclic) bond motifs is 1. The zero-order chi connectivity index (χ0) is 16.9. The molecule has 1 heterocycles. The molecule has 3 rings (SSSR count). The predicted octanol–water partition coefficient (Wildman–Crippen LogP) is 4.52. The first-order chi connectivity index (χ1) is 11.7. The molecule has 0 radical (unpaired) electrons. The molecule has 2 N–H and O–H groups in total. The Labute approximate surface area is 147 Å². The van der Waals surface area contributed by atoms with Crippen LogP contribution in [0, 0.1) is 0 Å². The van der Waals surface area contributed by atoms with Gasteiger partial charge in [-0.3, -0.25) is 0 Å². The van der Waals surface area contributed by atoms with Crippen molar-refractivity contribution in [2.24, 2.45) is 5.73 Å². The molecule has 2 aromatic carbocycles. The second-order valence-electron chi connectivity index (χ2n) is 5.68. The summed E-state index contributed by atoms with van der Waals surface area (Å²) in [5.74, 6) is 0.871. The SMILES string of the molecule is COc1ccc2c(c1)c(CCN)cn2CC=Cc1ccc(Cl)cc1. The number of hydrogen-bond acceptors (Lipinski definition) is 2. The number of ether oxygens (including phenoxy) is 1. The van der Waals surface area contributed by atoms with Crippen molar-refractivity contribution in [2.45, 2.75) is 13.0 Å². The molecule has 4 heteroatoms. The van der Waals surface area contributed by atoms with Crippen LogP contribution in [0.25, 0.3) is 17.0 Å². The van der Waals surface area contributed by atoms with Crippen LogP contribution >= 0.6 is 11.6 Å². The van der Waals surface area contributed by atoms with Gasteiger partial charge in [-0.05, 0) is 54.4 Å². The van der Waals surface area contributed by atoms with Gasteiger partial charge in [-0.25, -0.2) is 0 Å². The maximum absolute atomic E-state index is 5.92. The molecule has 3 aromatic rings. The fourth-order valence-electron chi connectivity index (χ4n) is 2.86. The van der Waals surface area contributed by atoms with Gasteiger partial charge in [0.25, 0.3) is 0 Å². The topological polar surface area (TPSA) is 40.2 Å². The number of allylic oxidation sites excluding steroid dienone is 1. The van der Waals surface area contributed by atoms with Gasteiger partial charge in [0.05, 0.1) is 7.11 Å². The monoisotopic (exact) mass is 340 g/mol. The van der Waals surface area contributed by atoms with Crippen LogP contribution in [0.1, 0.15) is 11.1 Å². The third kappa shape index (κ3) is 3.64. The van der Waals surface area contributed by atoms with E-state index in [9.17, 15) is 0 Å². The maximum Gasteiger partial charge on any atom is 0.119 e. The van der Waals surface area contributed by atoms with Gasteiger partial charge in [-0.1, -0.05) is 35.9 Å². The second kappa shape index (κ2) is 7.56. The Morgan fingerprint density at radius 2 is 1.96 bits per heavy atom. The summed E-state index contributed by atoms with van der Waals surface area (Å²) in [6.07, 6.45) is 7.30. The number of methoxy groups -OCH3 is 1. The zero-order valence-corrected chi connectivity index (χ0v) is 14.5. The summed E-state index contributed by atoms with van der Waals surface area (Å²) in [5, 5.41) is 1.96. The van der Waals surface area contributed by atoms with Gasteiger partial charge < -0.3 is 15.0 Å². The molecule has 0 bridgehead atoms. The Morgan fingerprint density at radius 3 is 2.67 bits per heavy atom. The summed E-state index contributed by atoms with van der Waals surface area (Å²) < 4.78 is 7.59. The van der Waals surface area contributed by atoms with Crippen molar-refractivity contribution in [3.63, 3.8) is 0 Å². The predicted molar refractivity (Wildman–Crippen MR) is 102 cm³/mol. The van der Waals surface area contributed by atoms with E-state index in [4.69, 9.17) is 22.1 Å². The van der Waals surface area contributed by atoms with Crippen LogP contribution < -0.4 is 10.5 Å². The molecule has 24 heavy (non-hydrogen) atoms. The maximum atomic E-state index is 5.92. The molecule has 124 valence electrons. The highest BCUT2D eigenvalue weighted by molar-refractivity contribution is 6.30. The summed E-state index contributed by atoms with van der Waals surface area (Å²) in [7, 11) is 1.69. The highest BCUT2D eigenvalue weighted by atomic mass is 35.5. The van der Waals surface area contributed by atoms with E-state index in [2.05, 4.69) is 35.0 Å². The minimum absolute atomic E-state index is 0.636. The van der Waals surface area contributed by atoms with Crippen LogP contribution in [-0.4, -0.2) is 18.2 Å². The standard InChI is InChI=1S/C20H21ClN2O/c1-24-18-8-9-20-19(13-18)16(10-11-22)14-23(20)12-2-3-15-4-6-17(21)7-5-15/h2-9,13-14H,10-12,22H2,1H3. The average molecular weight is 341 g/mol. The lowest BCUT2D eigenvalue weighted by Gasteiger charge is -2.03. The van der Waals surface area contributed by atoms with Crippen LogP contribution in [-0.2, 0) is 13.0 Å². The van der Waals surface area contributed by atoms with E-state index in [1.54, 1.807) is 7.11 Å². The van der Waals surface area contributed by atoms with Crippen molar-refractivity contribution in [1.82, 2.24) is 4.57 Å². The average Bonchev–Trinajstić information content (AvgIpc) is 2.94. The lowest BCUT2D eigenvalue weighted by atomic mass is 10.1. The molecular formula is C20H21ClN2O. The molecule has 1 aromatic heterocycles. The fraction of sp³-hybridized carbons (Fsp3) is 0.200. The fourth-order valence-corrected chi connectivity index (χ4v) is 2.98. The molecule has 0 saturated heterocycles. The minimum Gasteiger partial charge on any atom is -0.497 e. The Bertz CT molecular complexity index is 850. The van der Waals surface area contributed by atoms with E-state index in [1.165, 1.54) is 16.5 Å². The highest BCUT2D eigenvalue weighted by Gasteiger charge is 2.08. The highest BCUT2D eigenvalue weighted by Crippen LogP contribution is 2.26. The summed E-state index contributed by atoms with van der Waals surface area (Å²) in [6.45, 7) is 1.44. The molecule has 0 unspecified atom stereocenters. The third-order valence-electron chi connectivity index (χ3n) is 4.07. The van der Waals surface area contributed by atoms with Crippen LogP contribution in [0.15, 0.2) is 54.7 Å². The third-order valence-corrected chi connectivity index (χ3v) is 4.32. The summed E-state index contributed by atoms with van der Waals surface area (Å²) in [4.78, 5) is 0. The largest absolute Gasteiger partial charge is 0.497 e. The molecule has 0 aliphatic carbocycles. The van der Waals surface area contributed by atoms with E-state index in [0.717, 1.165) is 29.3 Å². The van der Waals surface area contributed by atoms with E-state index in [1.807, 2.05) is 30.3 Å². The van der Waals surface area contributed by atoms with Crippen molar-refractivity contribution in [1.29, 1.82) is 0 Å². The van der Waals surface area contributed by atoms with E-state index >= 15 is 0 Å². The first-order valence-electron chi connectivity index (χ1n) is 7.99. The summed E-state index contributed by atoms with van der Waals surface area (Å²) in [5.41, 5.74) is 9.34. The van der Waals surface area contributed by atoms with Crippen molar-refractivity contribution in [3.05, 3.63) is 70.9 Å². The molecule has 0 atom stereocenters. The molecule has 3 nitrogen and oxygen atoms in total. The van der Waals surface area contributed by atoms with Gasteiger partial charge in [-0.2, -0.15) is 0 Å². The van der Waals surface area contributed by atoms with E-state index in [0.29, 0.717) is 6.54 Å². The first kappa shape index (κ1) is 16.6. The number of benzene rings is 2. The first-order valence-corrected chi connectivity index (χ1v) is 8.37. The molecule has 0 aliphatic heterocycles. The van der Waals surface area contributed by atoms with E-state index < -0.39 is 0 Å². The Morgan fingerprint density at radius 1 is 1.17 bits per heavy atom. The second-order valence-corrected chi connectivity index (χ2v) is 6.12. The number of aromatic nitrogens is 1. The summed E-state index contributed by atoms with van der Waals surface area (Å²) in [6, 6.07) is 14.0. The molecule has 0 fully saturated rings. The minimum atomic E-state index is 0.636. The van der Waals surface area contributed by atoms with Crippen molar-refractivity contribution < 1.29 is 4.74 Å². The van der Waals surface area contributed by atoms with Crippen LogP contribution in [0.5, 0.6) is 5.75 Å². The summed E-state index contributed by atoms with van der Waals surface area (Å²) >= 11 is 5.92. The molecule has 0 amide bonds. The van der Waals surface area contributed by atoms with Gasteiger partial charge in [-0.15, -0.1) is 0 Å². The van der Waals surface area contributed by atoms with Gasteiger partial charge in [0.15, 0.2) is 0 Å². The molecular weight excluding hydrogens is 320 g/mol. The van der Waals surface area contributed by atoms with E-state index in [-0.39, 0.29) is 0 Å². The zero-order valence-electron chi connectivity index (χ0n) is 13.7. The number of rotatable bonds is 6. The van der Waals surface area contributed by atoms with Crippen LogP contribution in [0.3, 0.4) is 0 Å². The quantitative estimate of drug-likeness (QED) is 0.716. The van der Waals surface area contributed by atoms with Gasteiger partial charge in [0.1, 0.15) is 5.75 Å². The lowest BCUT2D eigenvalue weighted by molar-refractivity contribution is 0.415. The van der Waals surface area contributed by atoms with Crippen molar-refractivity contribution >= 4 is 28.6 Å². The number of nitrogens with two attached hydrogens (primary N) is 1. The van der Waals surface area contributed by atoms with Gasteiger partial charge in [0.2, 0.25) is 0 Å². The molecule has 0 saturated carbocycles. The number of nitrogens with zero attached hydrogens (tertiary/aromatic N) is 1. The molecule has 0 spiro atoms. The van der Waals surface area contributed by atoms with Crippen LogP contribution in [0.4, 0.5) is 0 Å². The Kier molecular flexibility index (Phi) is 5.24. The Balaban J connectivity index is 1.87. The number of halogens is 1. The number of hydrogen-bond donors (Lipinski definition) is 1. The van der Waals surface area contributed by atoms with Crippen molar-refractivity contribution in [3.8, 4) is 5.75 Å². The Hall–Kier alpha value is -2.23. The smallest absolute Gasteiger partial charge is 0.119 e.